The lowest BCUT2D eigenvalue weighted by Gasteiger charge is -2.31. The summed E-state index contributed by atoms with van der Waals surface area (Å²) in [5.74, 6) is 0.632. The van der Waals surface area contributed by atoms with Gasteiger partial charge in [-0.3, -0.25) is 0 Å². The topological polar surface area (TPSA) is 49.4 Å². The van der Waals surface area contributed by atoms with Crippen molar-refractivity contribution < 1.29 is 8.42 Å². The third-order valence-corrected chi connectivity index (χ3v) is 6.40. The fraction of sp³-hybridized carbons (Fsp3) is 0.600. The van der Waals surface area contributed by atoms with Crippen molar-refractivity contribution in [1.29, 1.82) is 0 Å². The molecule has 0 aliphatic carbocycles. The van der Waals surface area contributed by atoms with Crippen LogP contribution in [0.2, 0.25) is 0 Å². The number of rotatable bonds is 2. The van der Waals surface area contributed by atoms with Gasteiger partial charge in [0.15, 0.2) is 0 Å². The van der Waals surface area contributed by atoms with Crippen LogP contribution < -0.4 is 5.32 Å². The summed E-state index contributed by atoms with van der Waals surface area (Å²) in [5.41, 5.74) is 1.96. The smallest absolute Gasteiger partial charge is 0.243 e. The van der Waals surface area contributed by atoms with Crippen LogP contribution in [0.15, 0.2) is 23.1 Å². The van der Waals surface area contributed by atoms with Crippen molar-refractivity contribution in [2.24, 2.45) is 5.92 Å². The Hall–Kier alpha value is -1.07. The third kappa shape index (κ3) is 2.44. The minimum Gasteiger partial charge on any atom is -0.385 e. The van der Waals surface area contributed by atoms with Gasteiger partial charge in [0, 0.05) is 25.3 Å². The molecule has 0 aromatic heterocycles. The summed E-state index contributed by atoms with van der Waals surface area (Å²) in [5, 5.41) is 3.30. The Morgan fingerprint density at radius 3 is 2.75 bits per heavy atom. The number of fused-ring (bicyclic) bond motifs is 1. The molecule has 0 saturated carbocycles. The van der Waals surface area contributed by atoms with Gasteiger partial charge in [-0.2, -0.15) is 4.31 Å². The lowest BCUT2D eigenvalue weighted by Crippen LogP contribution is -2.38. The van der Waals surface area contributed by atoms with Gasteiger partial charge in [-0.15, -0.1) is 0 Å². The van der Waals surface area contributed by atoms with E-state index in [1.807, 2.05) is 12.1 Å². The van der Waals surface area contributed by atoms with Crippen LogP contribution in [-0.4, -0.2) is 32.4 Å². The molecule has 20 heavy (non-hydrogen) atoms. The van der Waals surface area contributed by atoms with Crippen LogP contribution in [-0.2, 0) is 16.4 Å². The average molecular weight is 294 g/mol. The second kappa shape index (κ2) is 5.37. The molecule has 1 N–H and O–H groups in total. The van der Waals surface area contributed by atoms with E-state index in [1.165, 1.54) is 0 Å². The largest absolute Gasteiger partial charge is 0.385 e. The molecule has 4 nitrogen and oxygen atoms in total. The number of anilines is 1. The third-order valence-electron chi connectivity index (χ3n) is 4.41. The molecule has 1 aromatic rings. The van der Waals surface area contributed by atoms with Crippen LogP contribution in [0.3, 0.4) is 0 Å². The highest BCUT2D eigenvalue weighted by molar-refractivity contribution is 7.89. The van der Waals surface area contributed by atoms with Crippen molar-refractivity contribution in [1.82, 2.24) is 4.31 Å². The van der Waals surface area contributed by atoms with Crippen LogP contribution >= 0.6 is 0 Å². The zero-order valence-corrected chi connectivity index (χ0v) is 12.7. The van der Waals surface area contributed by atoms with Gasteiger partial charge in [-0.05, 0) is 49.3 Å². The first kappa shape index (κ1) is 13.9. The van der Waals surface area contributed by atoms with E-state index in [1.54, 1.807) is 10.4 Å². The molecule has 1 fully saturated rings. The highest BCUT2D eigenvalue weighted by atomic mass is 32.2. The molecule has 1 saturated heterocycles. The van der Waals surface area contributed by atoms with Gasteiger partial charge in [-0.25, -0.2) is 8.42 Å². The van der Waals surface area contributed by atoms with E-state index in [4.69, 9.17) is 0 Å². The van der Waals surface area contributed by atoms with E-state index < -0.39 is 10.0 Å². The van der Waals surface area contributed by atoms with Crippen LogP contribution in [0, 0.1) is 5.92 Å². The van der Waals surface area contributed by atoms with Crippen LogP contribution in [0.25, 0.3) is 0 Å². The van der Waals surface area contributed by atoms with E-state index in [0.717, 1.165) is 43.5 Å². The summed E-state index contributed by atoms with van der Waals surface area (Å²) in [6, 6.07) is 5.58. The Balaban J connectivity index is 1.95. The van der Waals surface area contributed by atoms with Crippen LogP contribution in [0.4, 0.5) is 5.69 Å². The summed E-state index contributed by atoms with van der Waals surface area (Å²) in [6.45, 7) is 4.43. The van der Waals surface area contributed by atoms with Crippen LogP contribution in [0.1, 0.15) is 31.7 Å². The molecule has 110 valence electrons. The lowest BCUT2D eigenvalue weighted by molar-refractivity contribution is 0.288. The SMILES string of the molecule is CC1CCN(S(=O)(=O)c2cccc3c2CCCN3)CC1. The molecule has 3 rings (SSSR count). The quantitative estimate of drug-likeness (QED) is 0.911. The second-order valence-corrected chi connectivity index (χ2v) is 7.81. The number of hydrogen-bond donors (Lipinski definition) is 1. The number of benzene rings is 1. The van der Waals surface area contributed by atoms with Gasteiger partial charge in [0.25, 0.3) is 0 Å². The molecule has 5 heteroatoms. The minimum atomic E-state index is -3.33. The van der Waals surface area contributed by atoms with Crippen molar-refractivity contribution >= 4 is 15.7 Å². The Morgan fingerprint density at radius 1 is 1.25 bits per heavy atom. The van der Waals surface area contributed by atoms with Crippen molar-refractivity contribution in [2.75, 3.05) is 25.0 Å². The van der Waals surface area contributed by atoms with Gasteiger partial charge < -0.3 is 5.32 Å². The minimum absolute atomic E-state index is 0.511. The van der Waals surface area contributed by atoms with E-state index in [9.17, 15) is 8.42 Å². The standard InChI is InChI=1S/C15H22N2O2S/c1-12-7-10-17(11-8-12)20(18,19)15-6-2-5-14-13(15)4-3-9-16-14/h2,5-6,12,16H,3-4,7-11H2,1H3. The molecule has 2 aliphatic rings. The summed E-state index contributed by atoms with van der Waals surface area (Å²) >= 11 is 0. The lowest BCUT2D eigenvalue weighted by atomic mass is 10.0. The number of nitrogens with one attached hydrogen (secondary N) is 1. The van der Waals surface area contributed by atoms with Gasteiger partial charge in [0.2, 0.25) is 10.0 Å². The molecule has 0 atom stereocenters. The summed E-state index contributed by atoms with van der Waals surface area (Å²) < 4.78 is 27.4. The maximum atomic E-state index is 12.9. The number of piperidine rings is 1. The number of sulfonamides is 1. The van der Waals surface area contributed by atoms with E-state index >= 15 is 0 Å². The van der Waals surface area contributed by atoms with Crippen molar-refractivity contribution in [3.05, 3.63) is 23.8 Å². The highest BCUT2D eigenvalue weighted by Gasteiger charge is 2.30. The van der Waals surface area contributed by atoms with Crippen molar-refractivity contribution in [3.8, 4) is 0 Å². The fourth-order valence-electron chi connectivity index (χ4n) is 3.08. The highest BCUT2D eigenvalue weighted by Crippen LogP contribution is 2.31. The molecule has 0 unspecified atom stereocenters. The molecule has 2 heterocycles. The Morgan fingerprint density at radius 2 is 2.00 bits per heavy atom. The Labute approximate surface area is 121 Å². The van der Waals surface area contributed by atoms with Gasteiger partial charge >= 0.3 is 0 Å². The molecule has 0 radical (unpaired) electrons. The van der Waals surface area contributed by atoms with Crippen molar-refractivity contribution in [3.63, 3.8) is 0 Å². The number of hydrogen-bond acceptors (Lipinski definition) is 3. The molecular weight excluding hydrogens is 272 g/mol. The molecular formula is C15H22N2O2S. The Kier molecular flexibility index (Phi) is 3.73. The second-order valence-electron chi connectivity index (χ2n) is 5.90. The van der Waals surface area contributed by atoms with Gasteiger partial charge in [0.1, 0.15) is 0 Å². The monoisotopic (exact) mass is 294 g/mol. The maximum absolute atomic E-state index is 12.9. The molecule has 0 amide bonds. The van der Waals surface area contributed by atoms with E-state index in [-0.39, 0.29) is 0 Å². The first-order valence-electron chi connectivity index (χ1n) is 7.45. The van der Waals surface area contributed by atoms with Gasteiger partial charge in [0.05, 0.1) is 4.90 Å². The number of nitrogens with zero attached hydrogens (tertiary/aromatic N) is 1. The van der Waals surface area contributed by atoms with E-state index in [2.05, 4.69) is 12.2 Å². The molecule has 2 aliphatic heterocycles. The molecule has 1 aromatic carbocycles. The fourth-order valence-corrected chi connectivity index (χ4v) is 4.83. The predicted molar refractivity (Wildman–Crippen MR) is 80.4 cm³/mol. The normalized spacial score (nSPS) is 21.2. The average Bonchev–Trinajstić information content (AvgIpc) is 2.47. The molecule has 0 bridgehead atoms. The first-order chi connectivity index (χ1) is 9.59. The zero-order valence-electron chi connectivity index (χ0n) is 11.9. The zero-order chi connectivity index (χ0) is 14.2. The van der Waals surface area contributed by atoms with Crippen molar-refractivity contribution in [2.45, 2.75) is 37.5 Å². The summed E-state index contributed by atoms with van der Waals surface area (Å²) in [6.07, 6.45) is 3.78. The Bertz CT molecular complexity index is 590. The summed E-state index contributed by atoms with van der Waals surface area (Å²) in [7, 11) is -3.33. The predicted octanol–water partition coefficient (Wildman–Crippen LogP) is 2.47. The maximum Gasteiger partial charge on any atom is 0.243 e. The first-order valence-corrected chi connectivity index (χ1v) is 8.89. The van der Waals surface area contributed by atoms with Gasteiger partial charge in [-0.1, -0.05) is 13.0 Å². The molecule has 0 spiro atoms. The van der Waals surface area contributed by atoms with E-state index in [0.29, 0.717) is 23.9 Å². The summed E-state index contributed by atoms with van der Waals surface area (Å²) in [4.78, 5) is 0.511. The van der Waals surface area contributed by atoms with Crippen LogP contribution in [0.5, 0.6) is 0 Å².